The zero-order valence-corrected chi connectivity index (χ0v) is 15.5. The van der Waals surface area contributed by atoms with E-state index in [0.29, 0.717) is 19.6 Å². The van der Waals surface area contributed by atoms with E-state index in [9.17, 15) is 8.42 Å². The fraction of sp³-hybridized carbons (Fsp3) is 0.471. The first-order chi connectivity index (χ1) is 11.2. The lowest BCUT2D eigenvalue weighted by Gasteiger charge is -2.18. The van der Waals surface area contributed by atoms with E-state index in [-0.39, 0.29) is 10.3 Å². The van der Waals surface area contributed by atoms with Crippen LogP contribution in [0, 0.1) is 6.92 Å². The summed E-state index contributed by atoms with van der Waals surface area (Å²) in [6.45, 7) is 9.82. The van der Waals surface area contributed by atoms with Crippen LogP contribution in [-0.2, 0) is 22.0 Å². The van der Waals surface area contributed by atoms with Gasteiger partial charge in [-0.25, -0.2) is 13.1 Å². The highest BCUT2D eigenvalue weighted by Crippen LogP contribution is 2.23. The summed E-state index contributed by atoms with van der Waals surface area (Å²) in [6.07, 6.45) is 1.81. The van der Waals surface area contributed by atoms with Crippen LogP contribution < -0.4 is 10.0 Å². The Balaban J connectivity index is 1.81. The minimum Gasteiger partial charge on any atom is -0.311 e. The van der Waals surface area contributed by atoms with Gasteiger partial charge in [-0.15, -0.1) is 0 Å². The Labute approximate surface area is 144 Å². The molecule has 0 saturated carbocycles. The molecule has 132 valence electrons. The Bertz CT molecular complexity index is 759. The molecule has 0 saturated heterocycles. The second-order valence-electron chi connectivity index (χ2n) is 6.91. The smallest absolute Gasteiger partial charge is 0.240 e. The summed E-state index contributed by atoms with van der Waals surface area (Å²) in [5, 5.41) is 10.4. The molecule has 0 spiro atoms. The lowest BCUT2D eigenvalue weighted by atomic mass is 9.89. The third-order valence-electron chi connectivity index (χ3n) is 3.71. The second kappa shape index (κ2) is 7.46. The first kappa shape index (κ1) is 18.6. The monoisotopic (exact) mass is 350 g/mol. The molecular formula is C17H26N4O2S. The number of aromatic nitrogens is 2. The number of aromatic amines is 1. The number of sulfonamides is 1. The maximum atomic E-state index is 12.2. The van der Waals surface area contributed by atoms with Crippen LogP contribution in [0.15, 0.2) is 35.4 Å². The van der Waals surface area contributed by atoms with Crippen LogP contribution in [0.4, 0.5) is 0 Å². The van der Waals surface area contributed by atoms with Crippen molar-refractivity contribution >= 4 is 10.0 Å². The average molecular weight is 350 g/mol. The number of rotatable bonds is 7. The van der Waals surface area contributed by atoms with Crippen molar-refractivity contribution in [2.75, 3.05) is 13.1 Å². The topological polar surface area (TPSA) is 86.9 Å². The highest BCUT2D eigenvalue weighted by Gasteiger charge is 2.19. The highest BCUT2D eigenvalue weighted by atomic mass is 32.2. The first-order valence-electron chi connectivity index (χ1n) is 8.00. The summed E-state index contributed by atoms with van der Waals surface area (Å²) in [6, 6.07) is 6.82. The van der Waals surface area contributed by atoms with Crippen molar-refractivity contribution in [3.05, 3.63) is 47.3 Å². The predicted octanol–water partition coefficient (Wildman–Crippen LogP) is 2.08. The van der Waals surface area contributed by atoms with Gasteiger partial charge in [-0.3, -0.25) is 5.10 Å². The van der Waals surface area contributed by atoms with Crippen LogP contribution in [0.25, 0.3) is 0 Å². The zero-order valence-electron chi connectivity index (χ0n) is 14.7. The number of benzene rings is 1. The highest BCUT2D eigenvalue weighted by molar-refractivity contribution is 7.89. The van der Waals surface area contributed by atoms with Gasteiger partial charge in [0.15, 0.2) is 0 Å². The number of hydrogen-bond acceptors (Lipinski definition) is 4. The number of nitrogens with one attached hydrogen (secondary N) is 3. The number of H-pyrrole nitrogens is 1. The van der Waals surface area contributed by atoms with Crippen LogP contribution in [0.2, 0.25) is 0 Å². The van der Waals surface area contributed by atoms with E-state index in [1.807, 2.05) is 13.1 Å². The molecule has 2 aromatic rings. The SMILES string of the molecule is Cc1ccc(S(=O)(=O)NCCNCc2cn[nH]c2C(C)(C)C)cc1. The van der Waals surface area contributed by atoms with Crippen molar-refractivity contribution in [1.82, 2.24) is 20.2 Å². The summed E-state index contributed by atoms with van der Waals surface area (Å²) in [7, 11) is -3.45. The maximum absolute atomic E-state index is 12.2. The van der Waals surface area contributed by atoms with Gasteiger partial charge in [0.1, 0.15) is 0 Å². The average Bonchev–Trinajstić information content (AvgIpc) is 2.96. The van der Waals surface area contributed by atoms with Gasteiger partial charge >= 0.3 is 0 Å². The molecule has 3 N–H and O–H groups in total. The zero-order chi connectivity index (χ0) is 17.8. The largest absolute Gasteiger partial charge is 0.311 e. The van der Waals surface area contributed by atoms with Gasteiger partial charge in [-0.2, -0.15) is 5.10 Å². The number of hydrogen-bond donors (Lipinski definition) is 3. The fourth-order valence-corrected chi connectivity index (χ4v) is 3.42. The molecule has 0 aliphatic carbocycles. The molecule has 7 heteroatoms. The standard InChI is InChI=1S/C17H26N4O2S/c1-13-5-7-15(8-6-13)24(22,23)20-10-9-18-11-14-12-19-21-16(14)17(2,3)4/h5-8,12,18,20H,9-11H2,1-4H3,(H,19,21). The maximum Gasteiger partial charge on any atom is 0.240 e. The van der Waals surface area contributed by atoms with Gasteiger partial charge in [0, 0.05) is 36.3 Å². The van der Waals surface area contributed by atoms with E-state index in [4.69, 9.17) is 0 Å². The van der Waals surface area contributed by atoms with Crippen LogP contribution >= 0.6 is 0 Å². The molecule has 2 rings (SSSR count). The molecule has 0 aliphatic heterocycles. The van der Waals surface area contributed by atoms with Crippen molar-refractivity contribution in [3.8, 4) is 0 Å². The molecule has 1 aromatic heterocycles. The van der Waals surface area contributed by atoms with Gasteiger partial charge in [-0.1, -0.05) is 38.5 Å². The number of nitrogens with zero attached hydrogens (tertiary/aromatic N) is 1. The minimum atomic E-state index is -3.45. The second-order valence-corrected chi connectivity index (χ2v) is 8.67. The van der Waals surface area contributed by atoms with Gasteiger partial charge in [-0.05, 0) is 19.1 Å². The Kier molecular flexibility index (Phi) is 5.79. The van der Waals surface area contributed by atoms with Gasteiger partial charge in [0.2, 0.25) is 10.0 Å². The third-order valence-corrected chi connectivity index (χ3v) is 5.19. The molecule has 0 atom stereocenters. The summed E-state index contributed by atoms with van der Waals surface area (Å²) in [4.78, 5) is 0.290. The Hall–Kier alpha value is -1.70. The van der Waals surface area contributed by atoms with Gasteiger partial charge in [0.25, 0.3) is 0 Å². The molecule has 0 aliphatic rings. The molecule has 24 heavy (non-hydrogen) atoms. The molecule has 1 heterocycles. The normalized spacial score (nSPS) is 12.5. The molecule has 0 radical (unpaired) electrons. The fourth-order valence-electron chi connectivity index (χ4n) is 2.39. The Morgan fingerprint density at radius 1 is 1.12 bits per heavy atom. The van der Waals surface area contributed by atoms with E-state index >= 15 is 0 Å². The quantitative estimate of drug-likeness (QED) is 0.667. The van der Waals surface area contributed by atoms with Crippen molar-refractivity contribution in [1.29, 1.82) is 0 Å². The van der Waals surface area contributed by atoms with Crippen LogP contribution in [0.5, 0.6) is 0 Å². The molecule has 0 amide bonds. The third kappa shape index (κ3) is 4.90. The van der Waals surface area contributed by atoms with Crippen molar-refractivity contribution < 1.29 is 8.42 Å². The molecule has 0 bridgehead atoms. The van der Waals surface area contributed by atoms with Gasteiger partial charge < -0.3 is 5.32 Å². The van der Waals surface area contributed by atoms with E-state index < -0.39 is 10.0 Å². The van der Waals surface area contributed by atoms with Crippen LogP contribution in [0.3, 0.4) is 0 Å². The molecule has 1 aromatic carbocycles. The Morgan fingerprint density at radius 2 is 1.79 bits per heavy atom. The predicted molar refractivity (Wildman–Crippen MR) is 95.4 cm³/mol. The number of aryl methyl sites for hydroxylation is 1. The lowest BCUT2D eigenvalue weighted by Crippen LogP contribution is -2.32. The summed E-state index contributed by atoms with van der Waals surface area (Å²) in [5.41, 5.74) is 3.23. The summed E-state index contributed by atoms with van der Waals surface area (Å²) < 4.78 is 26.9. The summed E-state index contributed by atoms with van der Waals surface area (Å²) >= 11 is 0. The molecule has 6 nitrogen and oxygen atoms in total. The van der Waals surface area contributed by atoms with E-state index in [1.54, 1.807) is 24.3 Å². The first-order valence-corrected chi connectivity index (χ1v) is 9.48. The van der Waals surface area contributed by atoms with Crippen LogP contribution in [0.1, 0.15) is 37.6 Å². The van der Waals surface area contributed by atoms with Crippen molar-refractivity contribution in [3.63, 3.8) is 0 Å². The van der Waals surface area contributed by atoms with E-state index in [2.05, 4.69) is 41.0 Å². The van der Waals surface area contributed by atoms with E-state index in [0.717, 1.165) is 16.8 Å². The molecule has 0 unspecified atom stereocenters. The van der Waals surface area contributed by atoms with Crippen molar-refractivity contribution in [2.45, 2.75) is 44.6 Å². The molecule has 0 fully saturated rings. The van der Waals surface area contributed by atoms with Gasteiger partial charge in [0.05, 0.1) is 11.1 Å². The Morgan fingerprint density at radius 3 is 2.42 bits per heavy atom. The lowest BCUT2D eigenvalue weighted by molar-refractivity contribution is 0.552. The van der Waals surface area contributed by atoms with Crippen molar-refractivity contribution in [2.24, 2.45) is 0 Å². The summed E-state index contributed by atoms with van der Waals surface area (Å²) in [5.74, 6) is 0. The minimum absolute atomic E-state index is 0.000539. The molecular weight excluding hydrogens is 324 g/mol. The van der Waals surface area contributed by atoms with Crippen LogP contribution in [-0.4, -0.2) is 31.7 Å². The van der Waals surface area contributed by atoms with E-state index in [1.165, 1.54) is 0 Å².